The van der Waals surface area contributed by atoms with Crippen molar-refractivity contribution in [2.75, 3.05) is 29.9 Å². The van der Waals surface area contributed by atoms with Gasteiger partial charge in [0.25, 0.3) is 5.91 Å². The van der Waals surface area contributed by atoms with E-state index in [2.05, 4.69) is 28.4 Å². The average Bonchev–Trinajstić information content (AvgIpc) is 2.65. The zero-order valence-corrected chi connectivity index (χ0v) is 17.1. The summed E-state index contributed by atoms with van der Waals surface area (Å²) < 4.78 is 5.80. The molecule has 1 heterocycles. The molecule has 1 N–H and O–H groups in total. The van der Waals surface area contributed by atoms with Gasteiger partial charge in [0.15, 0.2) is 6.10 Å². The Bertz CT molecular complexity index is 788. The molecule has 1 amide bonds. The van der Waals surface area contributed by atoms with Crippen molar-refractivity contribution in [2.45, 2.75) is 33.4 Å². The number of ether oxygens (including phenoxy) is 1. The number of nitrogens with zero attached hydrogens (tertiary/aromatic N) is 1. The summed E-state index contributed by atoms with van der Waals surface area (Å²) in [5.41, 5.74) is 4.27. The van der Waals surface area contributed by atoms with E-state index in [9.17, 15) is 4.79 Å². The van der Waals surface area contributed by atoms with Crippen molar-refractivity contribution >= 4 is 23.4 Å². The number of hydrogen-bond donors (Lipinski definition) is 1. The second kappa shape index (κ2) is 9.29. The lowest BCUT2D eigenvalue weighted by Gasteiger charge is -2.26. The Morgan fingerprint density at radius 2 is 1.96 bits per heavy atom. The van der Waals surface area contributed by atoms with E-state index in [1.807, 2.05) is 49.9 Å². The van der Waals surface area contributed by atoms with Crippen LogP contribution in [-0.4, -0.2) is 41.5 Å². The smallest absolute Gasteiger partial charge is 0.265 e. The SMILES string of the molecule is Cc1cccc(OC(C)C(=O)Nc2cc(CN3CCSCC3)ccc2C)c1. The Hall–Kier alpha value is -1.98. The normalized spacial score (nSPS) is 16.0. The maximum atomic E-state index is 12.6. The lowest BCUT2D eigenvalue weighted by molar-refractivity contribution is -0.122. The van der Waals surface area contributed by atoms with E-state index in [1.54, 1.807) is 6.92 Å². The summed E-state index contributed by atoms with van der Waals surface area (Å²) in [5.74, 6) is 2.98. The topological polar surface area (TPSA) is 41.6 Å². The van der Waals surface area contributed by atoms with Crippen molar-refractivity contribution in [3.05, 3.63) is 59.2 Å². The largest absolute Gasteiger partial charge is 0.481 e. The van der Waals surface area contributed by atoms with Crippen LogP contribution < -0.4 is 10.1 Å². The predicted molar refractivity (Wildman–Crippen MR) is 114 cm³/mol. The molecule has 1 fully saturated rings. The lowest BCUT2D eigenvalue weighted by atomic mass is 10.1. The third-order valence-electron chi connectivity index (χ3n) is 4.74. The van der Waals surface area contributed by atoms with Gasteiger partial charge in [0.2, 0.25) is 0 Å². The fourth-order valence-corrected chi connectivity index (χ4v) is 4.08. The summed E-state index contributed by atoms with van der Waals surface area (Å²) in [6.45, 7) is 8.99. The molecule has 0 radical (unpaired) electrons. The molecular formula is C22H28N2O2S. The second-order valence-electron chi connectivity index (χ2n) is 7.10. The summed E-state index contributed by atoms with van der Waals surface area (Å²) in [7, 11) is 0. The van der Waals surface area contributed by atoms with Gasteiger partial charge in [-0.15, -0.1) is 0 Å². The standard InChI is InChI=1S/C22H28N2O2S/c1-16-5-4-6-20(13-16)26-18(3)22(25)23-21-14-19(8-7-17(21)2)15-24-9-11-27-12-10-24/h4-8,13-14,18H,9-12,15H2,1-3H3,(H,23,25). The summed E-state index contributed by atoms with van der Waals surface area (Å²) in [4.78, 5) is 15.1. The first-order chi connectivity index (χ1) is 13.0. The summed E-state index contributed by atoms with van der Waals surface area (Å²) in [5, 5.41) is 3.04. The first kappa shape index (κ1) is 19.8. The Morgan fingerprint density at radius 1 is 1.19 bits per heavy atom. The highest BCUT2D eigenvalue weighted by atomic mass is 32.2. The van der Waals surface area contributed by atoms with Gasteiger partial charge in [0.1, 0.15) is 5.75 Å². The number of carbonyl (C=O) groups is 1. The number of carbonyl (C=O) groups excluding carboxylic acids is 1. The number of anilines is 1. The predicted octanol–water partition coefficient (Wildman–Crippen LogP) is 4.26. The third-order valence-corrected chi connectivity index (χ3v) is 5.68. The van der Waals surface area contributed by atoms with Crippen LogP contribution >= 0.6 is 11.8 Å². The third kappa shape index (κ3) is 5.75. The van der Waals surface area contributed by atoms with Crippen molar-refractivity contribution in [2.24, 2.45) is 0 Å². The molecule has 27 heavy (non-hydrogen) atoms. The molecule has 0 aliphatic carbocycles. The van der Waals surface area contributed by atoms with Crippen molar-refractivity contribution < 1.29 is 9.53 Å². The van der Waals surface area contributed by atoms with Gasteiger partial charge >= 0.3 is 0 Å². The van der Waals surface area contributed by atoms with Crippen molar-refractivity contribution in [3.63, 3.8) is 0 Å². The molecule has 1 unspecified atom stereocenters. The van der Waals surface area contributed by atoms with Crippen molar-refractivity contribution in [1.29, 1.82) is 0 Å². The number of rotatable bonds is 6. The van der Waals surface area contributed by atoms with E-state index in [0.717, 1.165) is 36.4 Å². The molecule has 2 aromatic rings. The van der Waals surface area contributed by atoms with Crippen LogP contribution in [0, 0.1) is 13.8 Å². The van der Waals surface area contributed by atoms with Gasteiger partial charge in [-0.05, 0) is 55.7 Å². The highest BCUT2D eigenvalue weighted by Crippen LogP contribution is 2.21. The molecule has 0 saturated carbocycles. The molecular weight excluding hydrogens is 356 g/mol. The molecule has 3 rings (SSSR count). The van der Waals surface area contributed by atoms with Crippen LogP contribution in [0.25, 0.3) is 0 Å². The quantitative estimate of drug-likeness (QED) is 0.808. The zero-order valence-electron chi connectivity index (χ0n) is 16.3. The van der Waals surface area contributed by atoms with Gasteiger partial charge in [-0.2, -0.15) is 11.8 Å². The Morgan fingerprint density at radius 3 is 2.70 bits per heavy atom. The molecule has 0 aromatic heterocycles. The van der Waals surface area contributed by atoms with Gasteiger partial charge in [-0.1, -0.05) is 24.3 Å². The lowest BCUT2D eigenvalue weighted by Crippen LogP contribution is -2.32. The molecule has 144 valence electrons. The van der Waals surface area contributed by atoms with Crippen LogP contribution in [0.5, 0.6) is 5.75 Å². The monoisotopic (exact) mass is 384 g/mol. The van der Waals surface area contributed by atoms with Gasteiger partial charge in [-0.25, -0.2) is 0 Å². The Kier molecular flexibility index (Phi) is 6.80. The van der Waals surface area contributed by atoms with Crippen molar-refractivity contribution in [1.82, 2.24) is 4.90 Å². The van der Waals surface area contributed by atoms with Crippen LogP contribution in [0.2, 0.25) is 0 Å². The first-order valence-electron chi connectivity index (χ1n) is 9.45. The van der Waals surface area contributed by atoms with E-state index in [-0.39, 0.29) is 5.91 Å². The van der Waals surface area contributed by atoms with Crippen molar-refractivity contribution in [3.8, 4) is 5.75 Å². The maximum Gasteiger partial charge on any atom is 0.265 e. The van der Waals surface area contributed by atoms with Gasteiger partial charge in [-0.3, -0.25) is 9.69 Å². The minimum Gasteiger partial charge on any atom is -0.481 e. The van der Waals surface area contributed by atoms with Crippen LogP contribution in [0.3, 0.4) is 0 Å². The van der Waals surface area contributed by atoms with E-state index < -0.39 is 6.10 Å². The minimum atomic E-state index is -0.561. The first-order valence-corrected chi connectivity index (χ1v) is 10.6. The molecule has 1 aliphatic rings. The zero-order chi connectivity index (χ0) is 19.2. The van der Waals surface area contributed by atoms with E-state index in [4.69, 9.17) is 4.74 Å². The summed E-state index contributed by atoms with van der Waals surface area (Å²) in [6, 6.07) is 14.1. The molecule has 0 bridgehead atoms. The average molecular weight is 385 g/mol. The van der Waals surface area contributed by atoms with Gasteiger partial charge in [0.05, 0.1) is 0 Å². The van der Waals surface area contributed by atoms with Crippen LogP contribution in [-0.2, 0) is 11.3 Å². The molecule has 1 saturated heterocycles. The van der Waals surface area contributed by atoms with Crippen LogP contribution in [0.15, 0.2) is 42.5 Å². The number of thioether (sulfide) groups is 1. The Balaban J connectivity index is 1.63. The number of aryl methyl sites for hydroxylation is 2. The highest BCUT2D eigenvalue weighted by Gasteiger charge is 2.17. The highest BCUT2D eigenvalue weighted by molar-refractivity contribution is 7.99. The number of hydrogen-bond acceptors (Lipinski definition) is 4. The molecule has 1 atom stereocenters. The molecule has 0 spiro atoms. The molecule has 1 aliphatic heterocycles. The van der Waals surface area contributed by atoms with E-state index in [1.165, 1.54) is 17.1 Å². The van der Waals surface area contributed by atoms with E-state index in [0.29, 0.717) is 5.75 Å². The van der Waals surface area contributed by atoms with Crippen LogP contribution in [0.1, 0.15) is 23.6 Å². The number of amides is 1. The van der Waals surface area contributed by atoms with Gasteiger partial charge in [0, 0.05) is 36.8 Å². The Labute approximate surface area is 166 Å². The second-order valence-corrected chi connectivity index (χ2v) is 8.33. The van der Waals surface area contributed by atoms with E-state index >= 15 is 0 Å². The molecule has 4 nitrogen and oxygen atoms in total. The minimum absolute atomic E-state index is 0.133. The fraction of sp³-hybridized carbons (Fsp3) is 0.409. The number of benzene rings is 2. The number of nitrogens with one attached hydrogen (secondary N) is 1. The van der Waals surface area contributed by atoms with Crippen LogP contribution in [0.4, 0.5) is 5.69 Å². The summed E-state index contributed by atoms with van der Waals surface area (Å²) in [6.07, 6.45) is -0.561. The van der Waals surface area contributed by atoms with Gasteiger partial charge < -0.3 is 10.1 Å². The fourth-order valence-electron chi connectivity index (χ4n) is 3.10. The molecule has 2 aromatic carbocycles. The maximum absolute atomic E-state index is 12.6. The molecule has 5 heteroatoms. The summed E-state index contributed by atoms with van der Waals surface area (Å²) >= 11 is 2.02.